The molecule has 0 aromatic carbocycles. The molecule has 0 aliphatic heterocycles. The van der Waals surface area contributed by atoms with Gasteiger partial charge in [-0.25, -0.2) is 0 Å². The van der Waals surface area contributed by atoms with Crippen molar-refractivity contribution in [1.82, 2.24) is 0 Å². The van der Waals surface area contributed by atoms with E-state index in [1.54, 1.807) is 11.1 Å². The predicted octanol–water partition coefficient (Wildman–Crippen LogP) is 6.42. The van der Waals surface area contributed by atoms with Gasteiger partial charge >= 0.3 is 0 Å². The van der Waals surface area contributed by atoms with E-state index in [1.807, 2.05) is 5.57 Å². The molecule has 4 aliphatic carbocycles. The first-order chi connectivity index (χ1) is 10.3. The molecule has 0 aromatic heterocycles. The van der Waals surface area contributed by atoms with Crippen LogP contribution >= 0.6 is 11.6 Å². The minimum absolute atomic E-state index is 0.308. The molecule has 0 saturated heterocycles. The first-order valence-corrected chi connectivity index (χ1v) is 9.53. The smallest absolute Gasteiger partial charge is 0.0395 e. The van der Waals surface area contributed by atoms with Crippen molar-refractivity contribution >= 4 is 11.6 Å². The van der Waals surface area contributed by atoms with Gasteiger partial charge in [-0.15, -0.1) is 11.6 Å². The lowest BCUT2D eigenvalue weighted by Crippen LogP contribution is -2.37. The van der Waals surface area contributed by atoms with Gasteiger partial charge in [0.1, 0.15) is 0 Å². The molecule has 4 unspecified atom stereocenters. The lowest BCUT2D eigenvalue weighted by atomic mass is 9.56. The Morgan fingerprint density at radius 1 is 1.14 bits per heavy atom. The Morgan fingerprint density at radius 2 is 1.91 bits per heavy atom. The number of rotatable bonds is 0. The van der Waals surface area contributed by atoms with Crippen molar-refractivity contribution in [3.05, 3.63) is 34.9 Å². The molecule has 0 nitrogen and oxygen atoms in total. The summed E-state index contributed by atoms with van der Waals surface area (Å²) in [5.41, 5.74) is 7.28. The Bertz CT molecular complexity index is 591. The zero-order valence-electron chi connectivity index (χ0n) is 14.3. The molecule has 1 heteroatoms. The van der Waals surface area contributed by atoms with Crippen molar-refractivity contribution in [1.29, 1.82) is 0 Å². The Labute approximate surface area is 140 Å². The normalized spacial score (nSPS) is 43.4. The molecule has 4 atom stereocenters. The highest BCUT2D eigenvalue weighted by Crippen LogP contribution is 2.63. The van der Waals surface area contributed by atoms with Crippen LogP contribution in [0.15, 0.2) is 34.9 Å². The molecule has 4 rings (SSSR count). The van der Waals surface area contributed by atoms with Gasteiger partial charge < -0.3 is 0 Å². The first kappa shape index (κ1) is 15.1. The average Bonchev–Trinajstić information content (AvgIpc) is 2.70. The fourth-order valence-corrected chi connectivity index (χ4v) is 6.42. The third kappa shape index (κ3) is 1.89. The summed E-state index contributed by atoms with van der Waals surface area (Å²) >= 11 is 6.76. The Kier molecular flexibility index (Phi) is 3.26. The molecule has 0 spiro atoms. The average molecular weight is 317 g/mol. The van der Waals surface area contributed by atoms with Crippen LogP contribution in [-0.2, 0) is 0 Å². The molecule has 1 fully saturated rings. The van der Waals surface area contributed by atoms with E-state index in [0.29, 0.717) is 16.2 Å². The molecular formula is C21H29Cl. The fourth-order valence-electron chi connectivity index (χ4n) is 6.06. The van der Waals surface area contributed by atoms with Crippen molar-refractivity contribution in [2.45, 2.75) is 71.1 Å². The van der Waals surface area contributed by atoms with Crippen molar-refractivity contribution in [3.8, 4) is 0 Å². The highest BCUT2D eigenvalue weighted by Gasteiger charge is 2.53. The van der Waals surface area contributed by atoms with Crippen LogP contribution < -0.4 is 0 Å². The van der Waals surface area contributed by atoms with Crippen LogP contribution in [0.5, 0.6) is 0 Å². The van der Waals surface area contributed by atoms with Gasteiger partial charge in [0.25, 0.3) is 0 Å². The van der Waals surface area contributed by atoms with Gasteiger partial charge in [0.2, 0.25) is 0 Å². The maximum absolute atomic E-state index is 6.76. The number of allylic oxidation sites excluding steroid dienone is 5. The Balaban J connectivity index is 1.77. The molecular weight excluding hydrogens is 288 g/mol. The van der Waals surface area contributed by atoms with Gasteiger partial charge in [0, 0.05) is 10.8 Å². The number of hydrogen-bond donors (Lipinski definition) is 0. The van der Waals surface area contributed by atoms with E-state index in [9.17, 15) is 0 Å². The van der Waals surface area contributed by atoms with Gasteiger partial charge in [0.15, 0.2) is 0 Å². The standard InChI is InChI=1S/C21H29Cl/c1-13-9-10-21(4)14(11-13)5-6-15-16-12-19(22)20(2,3)17(16)7-8-18(15)21/h11,16-17,19H,1,5-10,12H2,2-4H3. The molecule has 0 aromatic rings. The number of fused-ring (bicyclic) bond motifs is 4. The largest absolute Gasteiger partial charge is 0.122 e. The van der Waals surface area contributed by atoms with Crippen molar-refractivity contribution in [2.24, 2.45) is 22.7 Å². The summed E-state index contributed by atoms with van der Waals surface area (Å²) in [5.74, 6) is 1.58. The van der Waals surface area contributed by atoms with Crippen LogP contribution in [0, 0.1) is 22.7 Å². The van der Waals surface area contributed by atoms with E-state index < -0.39 is 0 Å². The lowest BCUT2D eigenvalue weighted by Gasteiger charge is -2.49. The highest BCUT2D eigenvalue weighted by molar-refractivity contribution is 6.21. The summed E-state index contributed by atoms with van der Waals surface area (Å²) in [5, 5.41) is 0.352. The van der Waals surface area contributed by atoms with Crippen molar-refractivity contribution in [2.75, 3.05) is 0 Å². The topological polar surface area (TPSA) is 0 Å². The fraction of sp³-hybridized carbons (Fsp3) is 0.714. The third-order valence-electron chi connectivity index (χ3n) is 7.61. The highest BCUT2D eigenvalue weighted by atomic mass is 35.5. The maximum atomic E-state index is 6.76. The quantitative estimate of drug-likeness (QED) is 0.357. The summed E-state index contributed by atoms with van der Waals surface area (Å²) in [6.45, 7) is 11.5. The van der Waals surface area contributed by atoms with Crippen LogP contribution in [0.1, 0.15) is 65.7 Å². The number of hydrogen-bond acceptors (Lipinski definition) is 0. The van der Waals surface area contributed by atoms with Gasteiger partial charge in [0.05, 0.1) is 0 Å². The Morgan fingerprint density at radius 3 is 2.68 bits per heavy atom. The molecule has 4 aliphatic rings. The van der Waals surface area contributed by atoms with E-state index in [0.717, 1.165) is 11.8 Å². The van der Waals surface area contributed by atoms with E-state index >= 15 is 0 Å². The maximum Gasteiger partial charge on any atom is 0.0395 e. The van der Waals surface area contributed by atoms with Crippen LogP contribution in [0.4, 0.5) is 0 Å². The Hall–Kier alpha value is -0.490. The summed E-state index contributed by atoms with van der Waals surface area (Å²) < 4.78 is 0. The molecule has 0 N–H and O–H groups in total. The van der Waals surface area contributed by atoms with E-state index in [-0.39, 0.29) is 0 Å². The summed E-state index contributed by atoms with van der Waals surface area (Å²) in [7, 11) is 0. The molecule has 22 heavy (non-hydrogen) atoms. The molecule has 0 bridgehead atoms. The second-order valence-corrected chi connectivity index (χ2v) is 9.47. The molecule has 1 saturated carbocycles. The second kappa shape index (κ2) is 4.76. The van der Waals surface area contributed by atoms with Gasteiger partial charge in [-0.1, -0.05) is 55.7 Å². The van der Waals surface area contributed by atoms with Crippen LogP contribution in [0.2, 0.25) is 0 Å². The first-order valence-electron chi connectivity index (χ1n) is 9.09. The molecule has 120 valence electrons. The van der Waals surface area contributed by atoms with Crippen molar-refractivity contribution in [3.63, 3.8) is 0 Å². The van der Waals surface area contributed by atoms with Gasteiger partial charge in [-0.3, -0.25) is 0 Å². The van der Waals surface area contributed by atoms with Gasteiger partial charge in [-0.05, 0) is 62.2 Å². The summed E-state index contributed by atoms with van der Waals surface area (Å²) in [6.07, 6.45) is 11.3. The summed E-state index contributed by atoms with van der Waals surface area (Å²) in [6, 6.07) is 0. The van der Waals surface area contributed by atoms with E-state index in [4.69, 9.17) is 11.6 Å². The van der Waals surface area contributed by atoms with E-state index in [2.05, 4.69) is 33.4 Å². The van der Waals surface area contributed by atoms with Crippen LogP contribution in [-0.4, -0.2) is 5.38 Å². The zero-order chi connectivity index (χ0) is 15.7. The number of alkyl halides is 1. The van der Waals surface area contributed by atoms with Gasteiger partial charge in [-0.2, -0.15) is 0 Å². The third-order valence-corrected chi connectivity index (χ3v) is 8.35. The minimum atomic E-state index is 0.308. The molecule has 0 heterocycles. The minimum Gasteiger partial charge on any atom is -0.122 e. The number of halogens is 1. The predicted molar refractivity (Wildman–Crippen MR) is 95.1 cm³/mol. The molecule has 0 amide bonds. The SMILES string of the molecule is C=C1C=C2CCC3=C(CCC4C3CC(Cl)C4(C)C)C2(C)CC1. The van der Waals surface area contributed by atoms with E-state index in [1.165, 1.54) is 50.5 Å². The molecule has 0 radical (unpaired) electrons. The lowest BCUT2D eigenvalue weighted by molar-refractivity contribution is 0.193. The second-order valence-electron chi connectivity index (χ2n) is 8.94. The van der Waals surface area contributed by atoms with Crippen molar-refractivity contribution < 1.29 is 0 Å². The van der Waals surface area contributed by atoms with Crippen LogP contribution in [0.3, 0.4) is 0 Å². The summed E-state index contributed by atoms with van der Waals surface area (Å²) in [4.78, 5) is 0. The monoisotopic (exact) mass is 316 g/mol. The zero-order valence-corrected chi connectivity index (χ0v) is 15.1. The van der Waals surface area contributed by atoms with Crippen LogP contribution in [0.25, 0.3) is 0 Å².